The smallest absolute Gasteiger partial charge is 0.327 e. The molecule has 23 heavy (non-hydrogen) atoms. The molecule has 0 bridgehead atoms. The molecule has 1 atom stereocenters. The molecule has 7 heteroatoms. The van der Waals surface area contributed by atoms with Crippen molar-refractivity contribution >= 4 is 17.8 Å². The van der Waals surface area contributed by atoms with E-state index in [4.69, 9.17) is 0 Å². The van der Waals surface area contributed by atoms with E-state index < -0.39 is 5.54 Å². The van der Waals surface area contributed by atoms with Crippen molar-refractivity contribution < 1.29 is 14.4 Å². The van der Waals surface area contributed by atoms with Gasteiger partial charge < -0.3 is 15.5 Å². The lowest BCUT2D eigenvalue weighted by Crippen LogP contribution is -2.51. The molecular weight excluding hydrogens is 296 g/mol. The van der Waals surface area contributed by atoms with Crippen LogP contribution in [0.1, 0.15) is 44.9 Å². The Bertz CT molecular complexity index is 496. The first-order valence-corrected chi connectivity index (χ1v) is 8.64. The number of urea groups is 1. The van der Waals surface area contributed by atoms with Crippen molar-refractivity contribution in [3.8, 4) is 0 Å². The zero-order valence-corrected chi connectivity index (χ0v) is 13.8. The van der Waals surface area contributed by atoms with Gasteiger partial charge in [0, 0.05) is 19.6 Å². The van der Waals surface area contributed by atoms with Crippen LogP contribution in [0.5, 0.6) is 0 Å². The monoisotopic (exact) mass is 322 g/mol. The van der Waals surface area contributed by atoms with Crippen molar-refractivity contribution in [2.45, 2.75) is 56.5 Å². The largest absolute Gasteiger partial charge is 0.351 e. The van der Waals surface area contributed by atoms with Crippen LogP contribution < -0.4 is 10.6 Å². The molecule has 1 spiro atoms. The maximum absolute atomic E-state index is 12.8. The number of nitrogens with zero attached hydrogens (tertiary/aromatic N) is 2. The highest BCUT2D eigenvalue weighted by Gasteiger charge is 2.55. The molecule has 1 aliphatic carbocycles. The normalized spacial score (nSPS) is 27.6. The predicted octanol–water partition coefficient (Wildman–Crippen LogP) is 0.451. The minimum Gasteiger partial charge on any atom is -0.351 e. The highest BCUT2D eigenvalue weighted by atomic mass is 16.2. The molecule has 2 saturated heterocycles. The number of carbonyl (C=O) groups excluding carboxylic acids is 3. The summed E-state index contributed by atoms with van der Waals surface area (Å²) < 4.78 is 0. The molecule has 3 aliphatic rings. The molecule has 2 N–H and O–H groups in total. The molecule has 7 nitrogen and oxygen atoms in total. The van der Waals surface area contributed by atoms with Crippen LogP contribution in [-0.4, -0.2) is 65.9 Å². The third kappa shape index (κ3) is 2.94. The van der Waals surface area contributed by atoms with Gasteiger partial charge in [-0.3, -0.25) is 14.5 Å². The van der Waals surface area contributed by atoms with Crippen LogP contribution in [-0.2, 0) is 9.59 Å². The second-order valence-corrected chi connectivity index (χ2v) is 6.94. The maximum atomic E-state index is 12.8. The molecule has 2 aliphatic heterocycles. The second-order valence-electron chi connectivity index (χ2n) is 6.94. The number of nitrogens with one attached hydrogen (secondary N) is 2. The highest BCUT2D eigenvalue weighted by Crippen LogP contribution is 2.39. The van der Waals surface area contributed by atoms with Crippen LogP contribution >= 0.6 is 0 Å². The number of rotatable bonds is 3. The van der Waals surface area contributed by atoms with Gasteiger partial charge in [0.2, 0.25) is 5.91 Å². The van der Waals surface area contributed by atoms with Crippen molar-refractivity contribution in [3.05, 3.63) is 0 Å². The Kier molecular flexibility index (Phi) is 4.57. The highest BCUT2D eigenvalue weighted by molar-refractivity contribution is 6.08. The minimum atomic E-state index is -0.706. The van der Waals surface area contributed by atoms with E-state index in [-0.39, 0.29) is 30.4 Å². The average molecular weight is 322 g/mol. The fourth-order valence-electron chi connectivity index (χ4n) is 4.06. The second kappa shape index (κ2) is 6.47. The zero-order chi connectivity index (χ0) is 16.4. The van der Waals surface area contributed by atoms with Crippen LogP contribution in [0.25, 0.3) is 0 Å². The van der Waals surface area contributed by atoms with E-state index in [1.807, 2.05) is 0 Å². The van der Waals surface area contributed by atoms with Gasteiger partial charge in [-0.25, -0.2) is 4.79 Å². The third-order valence-corrected chi connectivity index (χ3v) is 5.45. The Balaban J connectivity index is 1.64. The summed E-state index contributed by atoms with van der Waals surface area (Å²) >= 11 is 0. The first-order chi connectivity index (χ1) is 11.0. The molecule has 3 rings (SSSR count). The Morgan fingerprint density at radius 2 is 2.00 bits per heavy atom. The van der Waals surface area contributed by atoms with E-state index in [9.17, 15) is 14.4 Å². The van der Waals surface area contributed by atoms with Gasteiger partial charge in [-0.2, -0.15) is 0 Å². The first-order valence-electron chi connectivity index (χ1n) is 8.64. The summed E-state index contributed by atoms with van der Waals surface area (Å²) in [7, 11) is 1.69. The van der Waals surface area contributed by atoms with E-state index in [1.165, 1.54) is 0 Å². The molecule has 128 valence electrons. The van der Waals surface area contributed by atoms with Gasteiger partial charge in [0.25, 0.3) is 5.91 Å². The van der Waals surface area contributed by atoms with Crippen LogP contribution in [0.4, 0.5) is 4.79 Å². The van der Waals surface area contributed by atoms with Gasteiger partial charge in [0.15, 0.2) is 0 Å². The number of amides is 4. The van der Waals surface area contributed by atoms with Crippen LogP contribution in [0.15, 0.2) is 0 Å². The van der Waals surface area contributed by atoms with Crippen LogP contribution in [0.2, 0.25) is 0 Å². The molecule has 1 saturated carbocycles. The van der Waals surface area contributed by atoms with Gasteiger partial charge in [0.05, 0.1) is 0 Å². The van der Waals surface area contributed by atoms with Gasteiger partial charge >= 0.3 is 6.03 Å². The van der Waals surface area contributed by atoms with E-state index in [0.29, 0.717) is 12.8 Å². The van der Waals surface area contributed by atoms with E-state index in [0.717, 1.165) is 50.1 Å². The maximum Gasteiger partial charge on any atom is 0.327 e. The molecule has 0 unspecified atom stereocenters. The van der Waals surface area contributed by atoms with E-state index >= 15 is 0 Å². The van der Waals surface area contributed by atoms with Crippen molar-refractivity contribution in [1.82, 2.24) is 20.4 Å². The Morgan fingerprint density at radius 3 is 2.65 bits per heavy atom. The summed E-state index contributed by atoms with van der Waals surface area (Å²) in [6.07, 6.45) is 6.39. The SMILES string of the molecule is CN1C(=O)N(CC(=O)N[C@H]2CCCNC2)C(=O)C12CCCCC2. The topological polar surface area (TPSA) is 81.8 Å². The molecule has 0 radical (unpaired) electrons. The van der Waals surface area contributed by atoms with Gasteiger partial charge in [-0.05, 0) is 32.2 Å². The fourth-order valence-corrected chi connectivity index (χ4v) is 4.06. The lowest BCUT2D eigenvalue weighted by molar-refractivity contribution is -0.137. The van der Waals surface area contributed by atoms with Gasteiger partial charge in [-0.15, -0.1) is 0 Å². The lowest BCUT2D eigenvalue weighted by Gasteiger charge is -2.35. The van der Waals surface area contributed by atoms with Crippen molar-refractivity contribution in [2.24, 2.45) is 0 Å². The summed E-state index contributed by atoms with van der Waals surface area (Å²) in [5.41, 5.74) is -0.706. The molecule has 4 amide bonds. The molecule has 0 aromatic carbocycles. The average Bonchev–Trinajstić information content (AvgIpc) is 2.73. The molecule has 2 heterocycles. The quantitative estimate of drug-likeness (QED) is 0.739. The summed E-state index contributed by atoms with van der Waals surface area (Å²) in [6, 6.07) is -0.251. The van der Waals surface area contributed by atoms with Crippen LogP contribution in [0.3, 0.4) is 0 Å². The van der Waals surface area contributed by atoms with E-state index in [2.05, 4.69) is 10.6 Å². The number of carbonyl (C=O) groups is 3. The predicted molar refractivity (Wildman–Crippen MR) is 84.7 cm³/mol. The summed E-state index contributed by atoms with van der Waals surface area (Å²) in [6.45, 7) is 1.56. The number of imide groups is 1. The summed E-state index contributed by atoms with van der Waals surface area (Å²) in [4.78, 5) is 40.2. The van der Waals surface area contributed by atoms with Crippen molar-refractivity contribution in [2.75, 3.05) is 26.7 Å². The number of piperidine rings is 1. The fraction of sp³-hybridized carbons (Fsp3) is 0.812. The van der Waals surface area contributed by atoms with Crippen molar-refractivity contribution in [1.29, 1.82) is 0 Å². The van der Waals surface area contributed by atoms with Crippen LogP contribution in [0, 0.1) is 0 Å². The Labute approximate surface area is 136 Å². The lowest BCUT2D eigenvalue weighted by atomic mass is 9.81. The first kappa shape index (κ1) is 16.2. The number of hydrogen-bond donors (Lipinski definition) is 2. The van der Waals surface area contributed by atoms with Crippen molar-refractivity contribution in [3.63, 3.8) is 0 Å². The molecule has 3 fully saturated rings. The number of hydrogen-bond acceptors (Lipinski definition) is 4. The van der Waals surface area contributed by atoms with E-state index in [1.54, 1.807) is 11.9 Å². The number of likely N-dealkylation sites (N-methyl/N-ethyl adjacent to an activating group) is 1. The Hall–Kier alpha value is -1.63. The summed E-state index contributed by atoms with van der Waals surface area (Å²) in [5.74, 6) is -0.441. The van der Waals surface area contributed by atoms with Gasteiger partial charge in [0.1, 0.15) is 12.1 Å². The Morgan fingerprint density at radius 1 is 1.26 bits per heavy atom. The van der Waals surface area contributed by atoms with Gasteiger partial charge in [-0.1, -0.05) is 19.3 Å². The molecule has 0 aromatic rings. The standard InChI is InChI=1S/C16H26N4O3/c1-19-15(23)20(14(22)16(19)7-3-2-4-8-16)11-13(21)18-12-6-5-9-17-10-12/h12,17H,2-11H2,1H3,(H,18,21)/t12-/m0/s1. The zero-order valence-electron chi connectivity index (χ0n) is 13.8. The molecular formula is C16H26N4O3. The molecule has 0 aromatic heterocycles. The summed E-state index contributed by atoms with van der Waals surface area (Å²) in [5, 5.41) is 6.16. The minimum absolute atomic E-state index is 0.0884. The third-order valence-electron chi connectivity index (χ3n) is 5.45.